The van der Waals surface area contributed by atoms with Crippen LogP contribution < -0.4 is 10.6 Å². The molecule has 6 heteroatoms. The zero-order valence-corrected chi connectivity index (χ0v) is 19.5. The second kappa shape index (κ2) is 9.33. The highest BCUT2D eigenvalue weighted by molar-refractivity contribution is 5.91. The second-order valence-electron chi connectivity index (χ2n) is 9.30. The van der Waals surface area contributed by atoms with Gasteiger partial charge in [-0.1, -0.05) is 54.6 Å². The van der Waals surface area contributed by atoms with Crippen LogP contribution in [0.2, 0.25) is 0 Å². The highest BCUT2D eigenvalue weighted by Crippen LogP contribution is 2.29. The van der Waals surface area contributed by atoms with Gasteiger partial charge in [0.15, 0.2) is 0 Å². The minimum absolute atomic E-state index is 0.150. The number of nitrogens with one attached hydrogen (secondary N) is 3. The van der Waals surface area contributed by atoms with E-state index in [-0.39, 0.29) is 6.04 Å². The number of benzene rings is 2. The predicted octanol–water partition coefficient (Wildman–Crippen LogP) is 4.98. The Balaban J connectivity index is 1.33. The number of fused-ring (bicyclic) bond motifs is 1. The standard InChI is InChI=1S/C27H32N6/c1-18-14-33(15-19(2)30-18)16-21-9-11-23(12-10-21)25-13-24-26(28-17-29-27(24)32-25)31-20(3)22-7-5-4-6-8-22/h4-13,17-20,30H,14-16H2,1-3H3,(H2,28,29,31,32)/t18?,19?,20-/m1/s1. The lowest BCUT2D eigenvalue weighted by Gasteiger charge is -2.36. The molecule has 2 unspecified atom stereocenters. The Hall–Kier alpha value is -3.22. The summed E-state index contributed by atoms with van der Waals surface area (Å²) >= 11 is 0. The molecule has 1 aliphatic heterocycles. The fourth-order valence-corrected chi connectivity index (χ4v) is 4.86. The first kappa shape index (κ1) is 21.6. The number of rotatable bonds is 6. The number of hydrogen-bond donors (Lipinski definition) is 3. The summed E-state index contributed by atoms with van der Waals surface area (Å²) in [6, 6.07) is 22.6. The van der Waals surface area contributed by atoms with Crippen LogP contribution in [-0.4, -0.2) is 45.0 Å². The zero-order valence-electron chi connectivity index (χ0n) is 19.5. The zero-order chi connectivity index (χ0) is 22.8. The SMILES string of the molecule is CC1CN(Cc2ccc(-c3cc4c(N[C@H](C)c5ccccc5)ncnc4[nH]3)cc2)CC(C)N1. The molecule has 2 aromatic carbocycles. The van der Waals surface area contributed by atoms with Crippen LogP contribution in [0.5, 0.6) is 0 Å². The molecule has 1 fully saturated rings. The normalized spacial score (nSPS) is 20.1. The fourth-order valence-electron chi connectivity index (χ4n) is 4.86. The van der Waals surface area contributed by atoms with Gasteiger partial charge < -0.3 is 15.6 Å². The smallest absolute Gasteiger partial charge is 0.143 e. The third-order valence-corrected chi connectivity index (χ3v) is 6.38. The third kappa shape index (κ3) is 4.92. The first-order valence-corrected chi connectivity index (χ1v) is 11.8. The lowest BCUT2D eigenvalue weighted by Crippen LogP contribution is -2.53. The molecule has 0 spiro atoms. The van der Waals surface area contributed by atoms with Crippen LogP contribution >= 0.6 is 0 Å². The molecule has 1 aliphatic rings. The summed E-state index contributed by atoms with van der Waals surface area (Å²) in [6.07, 6.45) is 1.61. The molecule has 6 nitrogen and oxygen atoms in total. The molecule has 33 heavy (non-hydrogen) atoms. The van der Waals surface area contributed by atoms with Gasteiger partial charge in [-0.25, -0.2) is 9.97 Å². The van der Waals surface area contributed by atoms with Gasteiger partial charge in [0.1, 0.15) is 17.8 Å². The average molecular weight is 441 g/mol. The van der Waals surface area contributed by atoms with Crippen molar-refractivity contribution in [2.45, 2.75) is 45.4 Å². The van der Waals surface area contributed by atoms with Crippen LogP contribution in [-0.2, 0) is 6.54 Å². The van der Waals surface area contributed by atoms with Gasteiger partial charge >= 0.3 is 0 Å². The molecule has 0 bridgehead atoms. The molecule has 0 amide bonds. The second-order valence-corrected chi connectivity index (χ2v) is 9.30. The molecule has 3 heterocycles. The highest BCUT2D eigenvalue weighted by Gasteiger charge is 2.20. The highest BCUT2D eigenvalue weighted by atomic mass is 15.2. The minimum atomic E-state index is 0.150. The minimum Gasteiger partial charge on any atom is -0.363 e. The lowest BCUT2D eigenvalue weighted by molar-refractivity contribution is 0.166. The summed E-state index contributed by atoms with van der Waals surface area (Å²) in [5.74, 6) is 0.845. The maximum Gasteiger partial charge on any atom is 0.143 e. The number of aromatic amines is 1. The maximum atomic E-state index is 4.52. The van der Waals surface area contributed by atoms with E-state index in [9.17, 15) is 0 Å². The molecule has 1 saturated heterocycles. The Kier molecular flexibility index (Phi) is 6.11. The van der Waals surface area contributed by atoms with Gasteiger partial charge in [-0.3, -0.25) is 4.90 Å². The van der Waals surface area contributed by atoms with E-state index >= 15 is 0 Å². The van der Waals surface area contributed by atoms with Crippen LogP contribution in [0.3, 0.4) is 0 Å². The molecular formula is C27H32N6. The molecule has 2 aromatic heterocycles. The summed E-state index contributed by atoms with van der Waals surface area (Å²) in [5, 5.41) is 8.15. The van der Waals surface area contributed by atoms with E-state index in [0.717, 1.165) is 47.7 Å². The summed E-state index contributed by atoms with van der Waals surface area (Å²) < 4.78 is 0. The van der Waals surface area contributed by atoms with Crippen molar-refractivity contribution in [1.29, 1.82) is 0 Å². The molecule has 0 radical (unpaired) electrons. The largest absolute Gasteiger partial charge is 0.363 e. The van der Waals surface area contributed by atoms with Crippen LogP contribution in [0.4, 0.5) is 5.82 Å². The quantitative estimate of drug-likeness (QED) is 0.395. The van der Waals surface area contributed by atoms with Crippen molar-refractivity contribution >= 4 is 16.9 Å². The third-order valence-electron chi connectivity index (χ3n) is 6.38. The van der Waals surface area contributed by atoms with Crippen molar-refractivity contribution in [3.8, 4) is 11.3 Å². The summed E-state index contributed by atoms with van der Waals surface area (Å²) in [6.45, 7) is 9.83. The van der Waals surface area contributed by atoms with E-state index in [2.05, 4.69) is 106 Å². The molecule has 0 saturated carbocycles. The number of H-pyrrole nitrogens is 1. The predicted molar refractivity (Wildman–Crippen MR) is 135 cm³/mol. The fraction of sp³-hybridized carbons (Fsp3) is 0.333. The summed E-state index contributed by atoms with van der Waals surface area (Å²) in [4.78, 5) is 15.0. The Labute approximate surface area is 195 Å². The van der Waals surface area contributed by atoms with Crippen molar-refractivity contribution in [2.75, 3.05) is 18.4 Å². The van der Waals surface area contributed by atoms with Crippen molar-refractivity contribution in [2.24, 2.45) is 0 Å². The van der Waals surface area contributed by atoms with Crippen LogP contribution in [0, 0.1) is 0 Å². The van der Waals surface area contributed by atoms with Crippen molar-refractivity contribution < 1.29 is 0 Å². The monoisotopic (exact) mass is 440 g/mol. The van der Waals surface area contributed by atoms with E-state index in [1.165, 1.54) is 11.1 Å². The van der Waals surface area contributed by atoms with Gasteiger partial charge in [-0.2, -0.15) is 0 Å². The number of anilines is 1. The maximum absolute atomic E-state index is 4.52. The van der Waals surface area contributed by atoms with E-state index in [4.69, 9.17) is 0 Å². The van der Waals surface area contributed by atoms with E-state index < -0.39 is 0 Å². The average Bonchev–Trinajstić information content (AvgIpc) is 3.25. The lowest BCUT2D eigenvalue weighted by atomic mass is 10.1. The first-order chi connectivity index (χ1) is 16.0. The molecule has 4 aromatic rings. The van der Waals surface area contributed by atoms with Gasteiger partial charge in [-0.05, 0) is 43.5 Å². The summed E-state index contributed by atoms with van der Waals surface area (Å²) in [5.41, 5.74) is 5.62. The molecular weight excluding hydrogens is 408 g/mol. The van der Waals surface area contributed by atoms with Crippen LogP contribution in [0.15, 0.2) is 67.0 Å². The van der Waals surface area contributed by atoms with Gasteiger partial charge in [0.25, 0.3) is 0 Å². The number of aromatic nitrogens is 3. The van der Waals surface area contributed by atoms with Crippen molar-refractivity contribution in [3.05, 3.63) is 78.1 Å². The molecule has 3 N–H and O–H groups in total. The van der Waals surface area contributed by atoms with Crippen molar-refractivity contribution in [3.63, 3.8) is 0 Å². The van der Waals surface area contributed by atoms with Gasteiger partial charge in [-0.15, -0.1) is 0 Å². The van der Waals surface area contributed by atoms with E-state index in [0.29, 0.717) is 12.1 Å². The van der Waals surface area contributed by atoms with Crippen molar-refractivity contribution in [1.82, 2.24) is 25.2 Å². The van der Waals surface area contributed by atoms with Crippen LogP contribution in [0.1, 0.15) is 37.9 Å². The number of nitrogens with zero attached hydrogens (tertiary/aromatic N) is 3. The summed E-state index contributed by atoms with van der Waals surface area (Å²) in [7, 11) is 0. The Morgan fingerprint density at radius 1 is 1.00 bits per heavy atom. The van der Waals surface area contributed by atoms with Gasteiger partial charge in [0.05, 0.1) is 5.39 Å². The Bertz CT molecular complexity index is 1190. The first-order valence-electron chi connectivity index (χ1n) is 11.8. The Morgan fingerprint density at radius 3 is 2.45 bits per heavy atom. The van der Waals surface area contributed by atoms with E-state index in [1.54, 1.807) is 6.33 Å². The Morgan fingerprint density at radius 2 is 1.73 bits per heavy atom. The van der Waals surface area contributed by atoms with E-state index in [1.807, 2.05) is 6.07 Å². The number of piperazine rings is 1. The molecule has 3 atom stereocenters. The van der Waals surface area contributed by atoms with Gasteiger partial charge in [0, 0.05) is 43.5 Å². The molecule has 5 rings (SSSR count). The van der Waals surface area contributed by atoms with Crippen LogP contribution in [0.25, 0.3) is 22.3 Å². The molecule has 170 valence electrons. The number of hydrogen-bond acceptors (Lipinski definition) is 5. The molecule has 0 aliphatic carbocycles. The topological polar surface area (TPSA) is 68.9 Å². The van der Waals surface area contributed by atoms with Gasteiger partial charge in [0.2, 0.25) is 0 Å².